The summed E-state index contributed by atoms with van der Waals surface area (Å²) < 4.78 is 6.34. The molecule has 7 nitrogen and oxygen atoms in total. The molecule has 1 aliphatic rings. The molecule has 1 unspecified atom stereocenters. The summed E-state index contributed by atoms with van der Waals surface area (Å²) in [4.78, 5) is 28.2. The number of ketones is 1. The second kappa shape index (κ2) is 13.1. The molecule has 11 heteroatoms. The van der Waals surface area contributed by atoms with Crippen LogP contribution in [0.2, 0.25) is 10.0 Å². The average Bonchev–Trinajstić information content (AvgIpc) is 3.55. The van der Waals surface area contributed by atoms with Crippen LogP contribution in [0.5, 0.6) is 5.75 Å². The highest BCUT2D eigenvalue weighted by molar-refractivity contribution is 8.00. The highest BCUT2D eigenvalue weighted by Gasteiger charge is 2.48. The Morgan fingerprint density at radius 3 is 2.49 bits per heavy atom. The minimum Gasteiger partial charge on any atom is -0.507 e. The van der Waals surface area contributed by atoms with Gasteiger partial charge in [-0.2, -0.15) is 0 Å². The third kappa shape index (κ3) is 6.59. The first-order valence-electron chi connectivity index (χ1n) is 12.9. The Labute approximate surface area is 255 Å². The molecule has 210 valence electrons. The van der Waals surface area contributed by atoms with Gasteiger partial charge in [0.15, 0.2) is 4.34 Å². The molecule has 0 saturated carbocycles. The third-order valence-electron chi connectivity index (χ3n) is 6.38. The smallest absolute Gasteiger partial charge is 0.301 e. The zero-order valence-corrected chi connectivity index (χ0v) is 25.1. The summed E-state index contributed by atoms with van der Waals surface area (Å²) in [7, 11) is 0. The van der Waals surface area contributed by atoms with Crippen LogP contribution in [-0.2, 0) is 15.3 Å². The Kier molecular flexibility index (Phi) is 9.29. The molecule has 1 atom stereocenters. The highest BCUT2D eigenvalue weighted by Crippen LogP contribution is 2.44. The highest BCUT2D eigenvalue weighted by atomic mass is 35.5. The van der Waals surface area contributed by atoms with Gasteiger partial charge in [-0.3, -0.25) is 14.5 Å². The van der Waals surface area contributed by atoms with E-state index in [2.05, 4.69) is 17.1 Å². The van der Waals surface area contributed by atoms with Crippen LogP contribution < -0.4 is 9.64 Å². The Hall–Kier alpha value is -3.37. The monoisotopic (exact) mass is 625 g/mol. The quantitative estimate of drug-likeness (QED) is 0.0477. The zero-order valence-electron chi connectivity index (χ0n) is 21.9. The predicted octanol–water partition coefficient (Wildman–Crippen LogP) is 7.94. The number of ether oxygens (including phenoxy) is 1. The maximum Gasteiger partial charge on any atom is 0.301 e. The number of unbranched alkanes of at least 4 members (excludes halogenated alkanes) is 1. The number of aromatic nitrogens is 2. The molecule has 41 heavy (non-hydrogen) atoms. The molecule has 1 fully saturated rings. The largest absolute Gasteiger partial charge is 0.507 e. The number of Topliss-reactive ketones (excluding diaryl/α,β-unsaturated/α-hetero) is 1. The van der Waals surface area contributed by atoms with Crippen LogP contribution >= 0.6 is 46.3 Å². The van der Waals surface area contributed by atoms with Crippen LogP contribution in [0.1, 0.15) is 42.5 Å². The van der Waals surface area contributed by atoms with E-state index in [-0.39, 0.29) is 16.5 Å². The topological polar surface area (TPSA) is 92.6 Å². The first-order chi connectivity index (χ1) is 19.9. The van der Waals surface area contributed by atoms with Crippen molar-refractivity contribution in [2.24, 2.45) is 0 Å². The Bertz CT molecular complexity index is 1590. The first-order valence-corrected chi connectivity index (χ1v) is 15.4. The number of hydrogen-bond acceptors (Lipinski definition) is 8. The zero-order chi connectivity index (χ0) is 28.9. The molecule has 2 heterocycles. The van der Waals surface area contributed by atoms with E-state index in [0.29, 0.717) is 43.6 Å². The fourth-order valence-electron chi connectivity index (χ4n) is 4.30. The van der Waals surface area contributed by atoms with Crippen LogP contribution in [-0.4, -0.2) is 33.6 Å². The summed E-state index contributed by atoms with van der Waals surface area (Å²) in [5.41, 5.74) is 1.94. The Morgan fingerprint density at radius 1 is 1.02 bits per heavy atom. The lowest BCUT2D eigenvalue weighted by molar-refractivity contribution is -0.132. The molecule has 0 radical (unpaired) electrons. The summed E-state index contributed by atoms with van der Waals surface area (Å²) in [5.74, 6) is -0.639. The number of aliphatic hydroxyl groups is 1. The van der Waals surface area contributed by atoms with Crippen molar-refractivity contribution in [3.63, 3.8) is 0 Å². The molecule has 0 bridgehead atoms. The van der Waals surface area contributed by atoms with Gasteiger partial charge in [-0.15, -0.1) is 10.2 Å². The second-order valence-electron chi connectivity index (χ2n) is 9.22. The summed E-state index contributed by atoms with van der Waals surface area (Å²) in [6.07, 6.45) is 1.94. The van der Waals surface area contributed by atoms with Crippen molar-refractivity contribution >= 4 is 68.9 Å². The van der Waals surface area contributed by atoms with Gasteiger partial charge in [0.1, 0.15) is 11.5 Å². The van der Waals surface area contributed by atoms with Crippen LogP contribution in [0.4, 0.5) is 5.13 Å². The molecule has 1 amide bonds. The number of thioether (sulfide) groups is 1. The molecule has 1 aromatic heterocycles. The van der Waals surface area contributed by atoms with Crippen molar-refractivity contribution in [2.75, 3.05) is 11.5 Å². The molecule has 1 aliphatic heterocycles. The maximum absolute atomic E-state index is 13.4. The standard InChI is InChI=1S/C30H25Cl2N3O4S2/c1-2-3-15-39-23-13-9-19(10-14-23)26(36)24-25(20-5-4-6-22(32)16-20)35(28(38)27(24)37)29-33-34-30(41-29)40-17-18-7-11-21(31)12-8-18/h4-14,16,25,36H,2-3,15,17H2,1H3. The predicted molar refractivity (Wildman–Crippen MR) is 164 cm³/mol. The number of carbonyl (C=O) groups is 2. The van der Waals surface area contributed by atoms with Crippen LogP contribution in [0, 0.1) is 0 Å². The molecule has 0 aliphatic carbocycles. The molecular weight excluding hydrogens is 601 g/mol. The summed E-state index contributed by atoms with van der Waals surface area (Å²) >= 11 is 14.9. The van der Waals surface area contributed by atoms with E-state index in [1.807, 2.05) is 24.3 Å². The molecule has 5 rings (SSSR count). The first kappa shape index (κ1) is 29.1. The number of aliphatic hydroxyl groups excluding tert-OH is 1. The lowest BCUT2D eigenvalue weighted by atomic mass is 9.95. The number of halogens is 2. The fourth-order valence-corrected chi connectivity index (χ4v) is 6.45. The normalized spacial score (nSPS) is 16.4. The Morgan fingerprint density at radius 2 is 1.78 bits per heavy atom. The Balaban J connectivity index is 1.48. The molecule has 3 aromatic carbocycles. The van der Waals surface area contributed by atoms with Gasteiger partial charge in [0.05, 0.1) is 18.2 Å². The van der Waals surface area contributed by atoms with Crippen molar-refractivity contribution in [1.29, 1.82) is 0 Å². The van der Waals surface area contributed by atoms with E-state index in [9.17, 15) is 14.7 Å². The summed E-state index contributed by atoms with van der Waals surface area (Å²) in [5, 5.41) is 21.2. The van der Waals surface area contributed by atoms with Gasteiger partial charge in [0, 0.05) is 21.4 Å². The van der Waals surface area contributed by atoms with E-state index < -0.39 is 17.7 Å². The van der Waals surface area contributed by atoms with Gasteiger partial charge < -0.3 is 9.84 Å². The number of hydrogen-bond donors (Lipinski definition) is 1. The van der Waals surface area contributed by atoms with E-state index in [1.54, 1.807) is 48.5 Å². The number of anilines is 1. The number of carbonyl (C=O) groups excluding carboxylic acids is 2. The van der Waals surface area contributed by atoms with Gasteiger partial charge in [-0.05, 0) is 66.1 Å². The van der Waals surface area contributed by atoms with E-state index in [0.717, 1.165) is 18.4 Å². The van der Waals surface area contributed by atoms with Crippen LogP contribution in [0.3, 0.4) is 0 Å². The number of amides is 1. The van der Waals surface area contributed by atoms with Gasteiger partial charge in [0.25, 0.3) is 5.78 Å². The van der Waals surface area contributed by atoms with Crippen molar-refractivity contribution in [2.45, 2.75) is 35.9 Å². The lowest BCUT2D eigenvalue weighted by Crippen LogP contribution is -2.29. The molecular formula is C30H25Cl2N3O4S2. The van der Waals surface area contributed by atoms with Gasteiger partial charge in [-0.1, -0.05) is 83.9 Å². The summed E-state index contributed by atoms with van der Waals surface area (Å²) in [6.45, 7) is 2.67. The summed E-state index contributed by atoms with van der Waals surface area (Å²) in [6, 6.07) is 20.2. The fraction of sp³-hybridized carbons (Fsp3) is 0.200. The maximum atomic E-state index is 13.4. The minimum absolute atomic E-state index is 0.0533. The van der Waals surface area contributed by atoms with E-state index >= 15 is 0 Å². The molecule has 4 aromatic rings. The van der Waals surface area contributed by atoms with Gasteiger partial charge >= 0.3 is 5.91 Å². The third-order valence-corrected chi connectivity index (χ3v) is 8.99. The molecule has 1 saturated heterocycles. The van der Waals surface area contributed by atoms with Crippen molar-refractivity contribution in [1.82, 2.24) is 10.2 Å². The van der Waals surface area contributed by atoms with Crippen LogP contribution in [0.25, 0.3) is 5.76 Å². The number of benzene rings is 3. The second-order valence-corrected chi connectivity index (χ2v) is 12.3. The van der Waals surface area contributed by atoms with Gasteiger partial charge in [0.2, 0.25) is 5.13 Å². The molecule has 1 N–H and O–H groups in total. The lowest BCUT2D eigenvalue weighted by Gasteiger charge is -2.22. The van der Waals surface area contributed by atoms with Crippen LogP contribution in [0.15, 0.2) is 82.7 Å². The number of nitrogens with zero attached hydrogens (tertiary/aromatic N) is 3. The van der Waals surface area contributed by atoms with Crippen molar-refractivity contribution in [3.05, 3.63) is 105 Å². The minimum atomic E-state index is -0.948. The molecule has 0 spiro atoms. The SMILES string of the molecule is CCCCOc1ccc(C(O)=C2C(=O)C(=O)N(c3nnc(SCc4ccc(Cl)cc4)s3)C2c2cccc(Cl)c2)cc1. The van der Waals surface area contributed by atoms with Crippen molar-refractivity contribution < 1.29 is 19.4 Å². The van der Waals surface area contributed by atoms with Gasteiger partial charge in [-0.25, -0.2) is 0 Å². The van der Waals surface area contributed by atoms with E-state index in [1.165, 1.54) is 28.0 Å². The van der Waals surface area contributed by atoms with Crippen molar-refractivity contribution in [3.8, 4) is 5.75 Å². The van der Waals surface area contributed by atoms with E-state index in [4.69, 9.17) is 27.9 Å². The number of rotatable bonds is 10. The average molecular weight is 627 g/mol.